The first-order valence-corrected chi connectivity index (χ1v) is 10.6. The highest BCUT2D eigenvalue weighted by molar-refractivity contribution is 5.85. The van der Waals surface area contributed by atoms with E-state index in [4.69, 9.17) is 10.5 Å². The molecule has 3 aromatic heterocycles. The van der Waals surface area contributed by atoms with E-state index in [9.17, 15) is 0 Å². The average molecular weight is 416 g/mol. The lowest BCUT2D eigenvalue weighted by molar-refractivity contribution is 0.277. The van der Waals surface area contributed by atoms with E-state index < -0.39 is 0 Å². The molecule has 4 aromatic rings. The van der Waals surface area contributed by atoms with E-state index in [0.29, 0.717) is 18.0 Å². The molecular weight excluding hydrogens is 390 g/mol. The number of ether oxygens (including phenoxy) is 1. The molecule has 0 amide bonds. The number of nitrogens with two attached hydrogens (primary N) is 1. The van der Waals surface area contributed by atoms with Crippen molar-refractivity contribution in [2.24, 2.45) is 0 Å². The van der Waals surface area contributed by atoms with Crippen LogP contribution in [0.4, 0.5) is 5.82 Å². The molecule has 1 aliphatic rings. The third kappa shape index (κ3) is 4.49. The lowest BCUT2D eigenvalue weighted by Gasteiger charge is -2.14. The van der Waals surface area contributed by atoms with Gasteiger partial charge in [-0.3, -0.25) is 9.88 Å². The number of nitrogens with zero attached hydrogens (tertiary/aromatic N) is 6. The Morgan fingerprint density at radius 1 is 0.935 bits per heavy atom. The van der Waals surface area contributed by atoms with Gasteiger partial charge in [-0.2, -0.15) is 15.1 Å². The molecule has 1 aliphatic heterocycles. The molecule has 1 fully saturated rings. The summed E-state index contributed by atoms with van der Waals surface area (Å²) in [6.07, 6.45) is 6.05. The summed E-state index contributed by atoms with van der Waals surface area (Å²) < 4.78 is 7.55. The number of pyridine rings is 1. The largest absolute Gasteiger partial charge is 0.457 e. The number of anilines is 1. The highest BCUT2D eigenvalue weighted by Crippen LogP contribution is 2.22. The minimum Gasteiger partial charge on any atom is -0.457 e. The molecule has 1 saturated heterocycles. The summed E-state index contributed by atoms with van der Waals surface area (Å²) in [5.41, 5.74) is 10.1. The van der Waals surface area contributed by atoms with Crippen LogP contribution in [0.2, 0.25) is 0 Å². The Labute approximate surface area is 180 Å². The van der Waals surface area contributed by atoms with Crippen molar-refractivity contribution >= 4 is 16.9 Å². The van der Waals surface area contributed by atoms with Crippen LogP contribution in [-0.2, 0) is 19.7 Å². The highest BCUT2D eigenvalue weighted by atomic mass is 16.5. The second kappa shape index (κ2) is 8.69. The molecule has 5 rings (SSSR count). The maximum atomic E-state index is 6.13. The average Bonchev–Trinajstić information content (AvgIpc) is 3.45. The molecule has 0 radical (unpaired) electrons. The fraction of sp³-hybridized carbons (Fsp3) is 0.304. The van der Waals surface area contributed by atoms with E-state index in [0.717, 1.165) is 23.2 Å². The zero-order valence-electron chi connectivity index (χ0n) is 17.3. The van der Waals surface area contributed by atoms with Gasteiger partial charge in [0.05, 0.1) is 23.8 Å². The van der Waals surface area contributed by atoms with Crippen molar-refractivity contribution in [2.45, 2.75) is 32.5 Å². The van der Waals surface area contributed by atoms with Gasteiger partial charge in [0, 0.05) is 12.7 Å². The van der Waals surface area contributed by atoms with Gasteiger partial charge in [-0.05, 0) is 49.2 Å². The first-order valence-electron chi connectivity index (χ1n) is 10.6. The van der Waals surface area contributed by atoms with Crippen LogP contribution >= 0.6 is 0 Å². The van der Waals surface area contributed by atoms with E-state index in [2.05, 4.69) is 49.2 Å². The second-order valence-corrected chi connectivity index (χ2v) is 7.84. The van der Waals surface area contributed by atoms with Crippen molar-refractivity contribution in [3.8, 4) is 6.01 Å². The van der Waals surface area contributed by atoms with Crippen LogP contribution in [0.1, 0.15) is 29.7 Å². The van der Waals surface area contributed by atoms with Gasteiger partial charge >= 0.3 is 6.01 Å². The lowest BCUT2D eigenvalue weighted by Crippen LogP contribution is -2.18. The minimum atomic E-state index is 0.221. The topological polar surface area (TPSA) is 95.0 Å². The number of nitrogen functional groups attached to an aromatic ring is 1. The van der Waals surface area contributed by atoms with Crippen LogP contribution in [0.3, 0.4) is 0 Å². The summed E-state index contributed by atoms with van der Waals surface area (Å²) in [4.78, 5) is 15.6. The summed E-state index contributed by atoms with van der Waals surface area (Å²) >= 11 is 0. The number of rotatable bonds is 7. The summed E-state index contributed by atoms with van der Waals surface area (Å²) in [5.74, 6) is 0.355. The maximum absolute atomic E-state index is 6.13. The number of benzene rings is 1. The third-order valence-corrected chi connectivity index (χ3v) is 5.54. The fourth-order valence-electron chi connectivity index (χ4n) is 3.88. The van der Waals surface area contributed by atoms with E-state index in [1.165, 1.54) is 31.5 Å². The molecule has 31 heavy (non-hydrogen) atoms. The molecule has 0 aliphatic carbocycles. The summed E-state index contributed by atoms with van der Waals surface area (Å²) in [5, 5.41) is 5.19. The van der Waals surface area contributed by atoms with E-state index in [1.54, 1.807) is 12.4 Å². The zero-order chi connectivity index (χ0) is 21.0. The first kappa shape index (κ1) is 19.4. The molecule has 8 heteroatoms. The molecule has 4 heterocycles. The molecule has 158 valence electrons. The van der Waals surface area contributed by atoms with Gasteiger partial charge in [0.1, 0.15) is 12.4 Å². The smallest absolute Gasteiger partial charge is 0.320 e. The van der Waals surface area contributed by atoms with E-state index >= 15 is 0 Å². The molecule has 0 unspecified atom stereocenters. The SMILES string of the molecule is Nc1nc(OCc2ccccn2)nc2c1cnn2Cc1ccc(CN2CCCC2)cc1. The minimum absolute atomic E-state index is 0.221. The molecule has 0 spiro atoms. The Morgan fingerprint density at radius 2 is 1.71 bits per heavy atom. The molecular formula is C23H25N7O. The molecule has 2 N–H and O–H groups in total. The maximum Gasteiger partial charge on any atom is 0.320 e. The van der Waals surface area contributed by atoms with Gasteiger partial charge in [0.2, 0.25) is 0 Å². The van der Waals surface area contributed by atoms with Crippen molar-refractivity contribution in [1.29, 1.82) is 0 Å². The molecule has 0 bridgehead atoms. The van der Waals surface area contributed by atoms with Gasteiger partial charge in [-0.1, -0.05) is 30.3 Å². The van der Waals surface area contributed by atoms with Crippen molar-refractivity contribution < 1.29 is 4.74 Å². The van der Waals surface area contributed by atoms with Crippen LogP contribution in [0.15, 0.2) is 54.9 Å². The highest BCUT2D eigenvalue weighted by Gasteiger charge is 2.14. The monoisotopic (exact) mass is 415 g/mol. The number of fused-ring (bicyclic) bond motifs is 1. The zero-order valence-corrected chi connectivity index (χ0v) is 17.3. The fourth-order valence-corrected chi connectivity index (χ4v) is 3.88. The standard InChI is InChI=1S/C23H25N7O/c24-21-20-13-26-30(15-18-8-6-17(7-9-18)14-29-11-3-4-12-29)22(20)28-23(27-21)31-16-19-5-1-2-10-25-19/h1-2,5-10,13H,3-4,11-12,14-16H2,(H2,24,27,28). The van der Waals surface area contributed by atoms with Gasteiger partial charge in [-0.25, -0.2) is 4.68 Å². The normalized spacial score (nSPS) is 14.3. The summed E-state index contributed by atoms with van der Waals surface area (Å²) in [7, 11) is 0. The van der Waals surface area contributed by atoms with E-state index in [-0.39, 0.29) is 12.6 Å². The Hall–Kier alpha value is -3.52. The first-order chi connectivity index (χ1) is 15.2. The van der Waals surface area contributed by atoms with Crippen LogP contribution in [-0.4, -0.2) is 42.7 Å². The Morgan fingerprint density at radius 3 is 2.45 bits per heavy atom. The molecule has 8 nitrogen and oxygen atoms in total. The summed E-state index contributed by atoms with van der Waals surface area (Å²) in [6, 6.07) is 14.6. The van der Waals surface area contributed by atoms with Crippen LogP contribution < -0.4 is 10.5 Å². The Balaban J connectivity index is 1.31. The Kier molecular flexibility index (Phi) is 5.45. The molecule has 1 aromatic carbocycles. The molecule has 0 atom stereocenters. The number of hydrogen-bond acceptors (Lipinski definition) is 7. The van der Waals surface area contributed by atoms with Crippen LogP contribution in [0, 0.1) is 0 Å². The van der Waals surface area contributed by atoms with Crippen molar-refractivity contribution in [2.75, 3.05) is 18.8 Å². The van der Waals surface area contributed by atoms with Crippen molar-refractivity contribution in [3.05, 3.63) is 71.7 Å². The predicted molar refractivity (Wildman–Crippen MR) is 118 cm³/mol. The third-order valence-electron chi connectivity index (χ3n) is 5.54. The summed E-state index contributed by atoms with van der Waals surface area (Å²) in [6.45, 7) is 4.30. The van der Waals surface area contributed by atoms with E-state index in [1.807, 2.05) is 22.9 Å². The van der Waals surface area contributed by atoms with Gasteiger partial charge in [0.25, 0.3) is 0 Å². The number of hydrogen-bond donors (Lipinski definition) is 1. The second-order valence-electron chi connectivity index (χ2n) is 7.84. The van der Waals surface area contributed by atoms with Gasteiger partial charge < -0.3 is 10.5 Å². The van der Waals surface area contributed by atoms with Gasteiger partial charge in [0.15, 0.2) is 5.65 Å². The number of likely N-dealkylation sites (tertiary alicyclic amines) is 1. The quantitative estimate of drug-likeness (QED) is 0.496. The lowest BCUT2D eigenvalue weighted by atomic mass is 10.1. The van der Waals surface area contributed by atoms with Crippen molar-refractivity contribution in [1.82, 2.24) is 29.6 Å². The molecule has 0 saturated carbocycles. The number of aromatic nitrogens is 5. The van der Waals surface area contributed by atoms with Gasteiger partial charge in [-0.15, -0.1) is 0 Å². The Bertz CT molecular complexity index is 1150. The predicted octanol–water partition coefficient (Wildman–Crippen LogP) is 3.03. The van der Waals surface area contributed by atoms with Crippen molar-refractivity contribution in [3.63, 3.8) is 0 Å². The van der Waals surface area contributed by atoms with Crippen LogP contribution in [0.25, 0.3) is 11.0 Å². The van der Waals surface area contributed by atoms with Crippen LogP contribution in [0.5, 0.6) is 6.01 Å².